The Morgan fingerprint density at radius 2 is 1.18 bits per heavy atom. The van der Waals surface area contributed by atoms with Crippen LogP contribution in [-0.2, 0) is 29.2 Å². The lowest BCUT2D eigenvalue weighted by atomic mass is 9.91. The van der Waals surface area contributed by atoms with Gasteiger partial charge in [-0.05, 0) is 59.9 Å². The van der Waals surface area contributed by atoms with Crippen molar-refractivity contribution in [3.8, 4) is 23.0 Å². The Morgan fingerprint density at radius 3 is 1.72 bits per heavy atom. The number of hydrogen-bond donors (Lipinski definition) is 0. The van der Waals surface area contributed by atoms with Gasteiger partial charge in [0.25, 0.3) is 0 Å². The van der Waals surface area contributed by atoms with Gasteiger partial charge in [-0.3, -0.25) is 4.79 Å². The zero-order valence-corrected chi connectivity index (χ0v) is 22.6. The summed E-state index contributed by atoms with van der Waals surface area (Å²) >= 11 is 0. The zero-order valence-electron chi connectivity index (χ0n) is 22.6. The van der Waals surface area contributed by atoms with Gasteiger partial charge in [-0.1, -0.05) is 72.8 Å². The molecule has 0 radical (unpaired) electrons. The molecule has 0 aliphatic rings. The molecule has 0 aliphatic heterocycles. The predicted molar refractivity (Wildman–Crippen MR) is 151 cm³/mol. The van der Waals surface area contributed by atoms with Gasteiger partial charge in [0.15, 0.2) is 23.0 Å². The van der Waals surface area contributed by atoms with E-state index >= 15 is 0 Å². The van der Waals surface area contributed by atoms with Crippen molar-refractivity contribution >= 4 is 5.97 Å². The molecule has 39 heavy (non-hydrogen) atoms. The van der Waals surface area contributed by atoms with E-state index in [-0.39, 0.29) is 12.6 Å². The largest absolute Gasteiger partial charge is 0.493 e. The van der Waals surface area contributed by atoms with Gasteiger partial charge in [0, 0.05) is 0 Å². The number of hydrogen-bond acceptors (Lipinski definition) is 6. The Labute approximate surface area is 230 Å². The van der Waals surface area contributed by atoms with Gasteiger partial charge < -0.3 is 23.7 Å². The molecule has 1 unspecified atom stereocenters. The summed E-state index contributed by atoms with van der Waals surface area (Å²) in [5.74, 6) is 1.55. The number of carbonyl (C=O) groups excluding carboxylic acids is 1. The quantitative estimate of drug-likeness (QED) is 0.180. The molecule has 0 aromatic heterocycles. The Bertz CT molecular complexity index is 1340. The van der Waals surface area contributed by atoms with Gasteiger partial charge in [-0.2, -0.15) is 0 Å². The van der Waals surface area contributed by atoms with Crippen molar-refractivity contribution in [2.75, 3.05) is 20.8 Å². The molecule has 4 aromatic carbocycles. The van der Waals surface area contributed by atoms with Gasteiger partial charge >= 0.3 is 5.97 Å². The third-order valence-electron chi connectivity index (χ3n) is 6.30. The summed E-state index contributed by atoms with van der Waals surface area (Å²) in [5.41, 5.74) is 3.78. The van der Waals surface area contributed by atoms with Crippen LogP contribution >= 0.6 is 0 Å². The van der Waals surface area contributed by atoms with Crippen molar-refractivity contribution in [2.45, 2.75) is 32.5 Å². The minimum absolute atomic E-state index is 0.289. The summed E-state index contributed by atoms with van der Waals surface area (Å²) in [7, 11) is 3.21. The van der Waals surface area contributed by atoms with Crippen LogP contribution in [0.3, 0.4) is 0 Å². The molecule has 0 saturated heterocycles. The Morgan fingerprint density at radius 1 is 0.641 bits per heavy atom. The number of ether oxygens (including phenoxy) is 5. The lowest BCUT2D eigenvalue weighted by Gasteiger charge is -2.19. The molecule has 6 nitrogen and oxygen atoms in total. The molecule has 1 atom stereocenters. The van der Waals surface area contributed by atoms with Gasteiger partial charge in [-0.15, -0.1) is 0 Å². The van der Waals surface area contributed by atoms with E-state index in [1.807, 2.05) is 97.1 Å². The second-order valence-corrected chi connectivity index (χ2v) is 8.95. The molecule has 0 saturated carbocycles. The minimum Gasteiger partial charge on any atom is -0.493 e. The molecule has 0 amide bonds. The van der Waals surface area contributed by atoms with E-state index in [0.717, 1.165) is 22.3 Å². The van der Waals surface area contributed by atoms with Crippen molar-refractivity contribution < 1.29 is 28.5 Å². The summed E-state index contributed by atoms with van der Waals surface area (Å²) in [5, 5.41) is 0. The monoisotopic (exact) mass is 526 g/mol. The van der Waals surface area contributed by atoms with E-state index in [9.17, 15) is 4.79 Å². The number of rotatable bonds is 13. The highest BCUT2D eigenvalue weighted by Gasteiger charge is 2.25. The average molecular weight is 527 g/mol. The normalized spacial score (nSPS) is 11.4. The highest BCUT2D eigenvalue weighted by Crippen LogP contribution is 2.35. The van der Waals surface area contributed by atoms with Gasteiger partial charge in [0.1, 0.15) is 13.2 Å². The van der Waals surface area contributed by atoms with Crippen LogP contribution in [0, 0.1) is 0 Å². The summed E-state index contributed by atoms with van der Waals surface area (Å²) in [4.78, 5) is 13.2. The highest BCUT2D eigenvalue weighted by atomic mass is 16.5. The van der Waals surface area contributed by atoms with Crippen LogP contribution in [0.5, 0.6) is 23.0 Å². The fourth-order valence-corrected chi connectivity index (χ4v) is 4.27. The number of benzene rings is 4. The molecule has 4 rings (SSSR count). The predicted octanol–water partition coefficient (Wildman–Crippen LogP) is 6.75. The Hall–Kier alpha value is -4.45. The second kappa shape index (κ2) is 13.9. The van der Waals surface area contributed by atoms with E-state index in [0.29, 0.717) is 42.6 Å². The molecule has 0 heterocycles. The van der Waals surface area contributed by atoms with Crippen molar-refractivity contribution in [1.29, 1.82) is 0 Å². The highest BCUT2D eigenvalue weighted by molar-refractivity contribution is 5.79. The summed E-state index contributed by atoms with van der Waals surface area (Å²) in [6.07, 6.45) is 0.412. The maximum atomic E-state index is 13.2. The van der Waals surface area contributed by atoms with Crippen LogP contribution in [0.25, 0.3) is 0 Å². The molecule has 0 N–H and O–H groups in total. The van der Waals surface area contributed by atoms with Crippen molar-refractivity contribution in [3.63, 3.8) is 0 Å². The summed E-state index contributed by atoms with van der Waals surface area (Å²) < 4.78 is 28.7. The first-order valence-corrected chi connectivity index (χ1v) is 13.0. The van der Waals surface area contributed by atoms with Gasteiger partial charge in [0.05, 0.1) is 26.7 Å². The molecular weight excluding hydrogens is 492 g/mol. The van der Waals surface area contributed by atoms with Crippen LogP contribution in [0.2, 0.25) is 0 Å². The topological polar surface area (TPSA) is 63.2 Å². The number of carbonyl (C=O) groups is 1. The van der Waals surface area contributed by atoms with Crippen LogP contribution in [-0.4, -0.2) is 26.8 Å². The van der Waals surface area contributed by atoms with E-state index in [1.54, 1.807) is 21.1 Å². The maximum absolute atomic E-state index is 13.2. The molecule has 6 heteroatoms. The fraction of sp³-hybridized carbons (Fsp3) is 0.242. The third kappa shape index (κ3) is 7.54. The minimum atomic E-state index is -0.551. The molecule has 0 aliphatic carbocycles. The molecule has 4 aromatic rings. The van der Waals surface area contributed by atoms with Crippen LogP contribution in [0.15, 0.2) is 97.1 Å². The second-order valence-electron chi connectivity index (χ2n) is 8.95. The van der Waals surface area contributed by atoms with Gasteiger partial charge in [0.2, 0.25) is 0 Å². The smallest absolute Gasteiger partial charge is 0.313 e. The molecule has 0 fully saturated rings. The lowest BCUT2D eigenvalue weighted by molar-refractivity contribution is -0.144. The summed E-state index contributed by atoms with van der Waals surface area (Å²) in [6.45, 7) is 2.88. The molecule has 0 spiro atoms. The van der Waals surface area contributed by atoms with E-state index in [4.69, 9.17) is 23.7 Å². The Kier molecular flexibility index (Phi) is 9.84. The van der Waals surface area contributed by atoms with Crippen molar-refractivity contribution in [1.82, 2.24) is 0 Å². The summed E-state index contributed by atoms with van der Waals surface area (Å²) in [6, 6.07) is 31.1. The average Bonchev–Trinajstić information content (AvgIpc) is 2.98. The number of esters is 1. The zero-order chi connectivity index (χ0) is 27.5. The maximum Gasteiger partial charge on any atom is 0.313 e. The van der Waals surface area contributed by atoms with E-state index in [2.05, 4.69) is 0 Å². The first kappa shape index (κ1) is 27.6. The van der Waals surface area contributed by atoms with Crippen molar-refractivity contribution in [3.05, 3.63) is 119 Å². The first-order chi connectivity index (χ1) is 19.1. The van der Waals surface area contributed by atoms with Crippen molar-refractivity contribution in [2.24, 2.45) is 0 Å². The van der Waals surface area contributed by atoms with Crippen LogP contribution in [0.1, 0.15) is 35.1 Å². The third-order valence-corrected chi connectivity index (χ3v) is 6.30. The Balaban J connectivity index is 1.59. The van der Waals surface area contributed by atoms with E-state index in [1.165, 1.54) is 0 Å². The standard InChI is InChI=1S/C33H34O6/c1-4-37-33(34)28(27-16-18-30(36-3)32(21-27)39-23-25-13-9-6-10-14-25)19-26-15-17-29(35-2)31(20-26)38-22-24-11-7-5-8-12-24/h5-18,20-21,28H,4,19,22-23H2,1-3H3. The molecule has 0 bridgehead atoms. The SMILES string of the molecule is CCOC(=O)C(Cc1ccc(OC)c(OCc2ccccc2)c1)c1ccc(OC)c(OCc2ccccc2)c1. The first-order valence-electron chi connectivity index (χ1n) is 13.0. The molecular formula is C33H34O6. The fourth-order valence-electron chi connectivity index (χ4n) is 4.27. The van der Waals surface area contributed by atoms with Crippen LogP contribution in [0.4, 0.5) is 0 Å². The number of methoxy groups -OCH3 is 2. The van der Waals surface area contributed by atoms with E-state index < -0.39 is 5.92 Å². The van der Waals surface area contributed by atoms with Gasteiger partial charge in [-0.25, -0.2) is 0 Å². The molecule has 202 valence electrons. The lowest BCUT2D eigenvalue weighted by Crippen LogP contribution is -2.18. The van der Waals surface area contributed by atoms with Crippen LogP contribution < -0.4 is 18.9 Å².